The van der Waals surface area contributed by atoms with E-state index in [1.807, 2.05) is 0 Å². The van der Waals surface area contributed by atoms with E-state index in [1.54, 1.807) is 23.0 Å². The minimum absolute atomic E-state index is 0.0217. The Morgan fingerprint density at radius 3 is 2.62 bits per heavy atom. The van der Waals surface area contributed by atoms with Crippen LogP contribution in [-0.4, -0.2) is 19.5 Å². The molecule has 1 unspecified atom stereocenters. The molecule has 5 nitrogen and oxygen atoms in total. The van der Waals surface area contributed by atoms with Crippen LogP contribution in [0.2, 0.25) is 19.6 Å². The number of fused-ring (bicyclic) bond motifs is 4. The smallest absolute Gasteiger partial charge is 0.268 e. The number of nitrogens with zero attached hydrogens (tertiary/aromatic N) is 2. The Hall–Kier alpha value is -2.40. The van der Waals surface area contributed by atoms with Crippen LogP contribution < -0.4 is 10.3 Å². The first-order valence-electron chi connectivity index (χ1n) is 12.2. The van der Waals surface area contributed by atoms with Gasteiger partial charge in [-0.05, 0) is 93.4 Å². The molecule has 0 radical (unpaired) electrons. The Bertz CT molecular complexity index is 1390. The molecule has 0 bridgehead atoms. The minimum Gasteiger partial charge on any atom is -0.493 e. The summed E-state index contributed by atoms with van der Waals surface area (Å²) in [4.78, 5) is 15.0. The Morgan fingerprint density at radius 1 is 1.15 bits per heavy atom. The maximum Gasteiger partial charge on any atom is 0.268 e. The summed E-state index contributed by atoms with van der Waals surface area (Å²) in [6.07, 6.45) is 5.48. The van der Waals surface area contributed by atoms with Crippen molar-refractivity contribution in [1.82, 2.24) is 4.57 Å². The molecule has 1 aliphatic carbocycles. The molecule has 0 amide bonds. The molecular formula is C27H32N2O3SSi. The molecule has 1 aromatic carbocycles. The molecule has 3 aromatic rings. The summed E-state index contributed by atoms with van der Waals surface area (Å²) in [6.45, 7) is 9.16. The lowest BCUT2D eigenvalue weighted by atomic mass is 9.86. The van der Waals surface area contributed by atoms with Crippen LogP contribution >= 0.6 is 11.3 Å². The van der Waals surface area contributed by atoms with Crippen LogP contribution in [0.15, 0.2) is 16.9 Å². The summed E-state index contributed by atoms with van der Waals surface area (Å²) in [5.74, 6) is 0.956. The van der Waals surface area contributed by atoms with Crippen molar-refractivity contribution in [1.29, 1.82) is 5.26 Å². The Labute approximate surface area is 206 Å². The maximum absolute atomic E-state index is 13.7. The van der Waals surface area contributed by atoms with Crippen molar-refractivity contribution in [2.24, 2.45) is 7.05 Å². The van der Waals surface area contributed by atoms with Gasteiger partial charge in [0.1, 0.15) is 10.4 Å². The Kier molecular flexibility index (Phi) is 5.95. The van der Waals surface area contributed by atoms with E-state index in [0.29, 0.717) is 5.69 Å². The fourth-order valence-electron chi connectivity index (χ4n) is 5.49. The van der Waals surface area contributed by atoms with Gasteiger partial charge in [-0.15, -0.1) is 11.3 Å². The van der Waals surface area contributed by atoms with Crippen LogP contribution in [0.25, 0.3) is 21.2 Å². The topological polar surface area (TPSA) is 64.2 Å². The van der Waals surface area contributed by atoms with Gasteiger partial charge < -0.3 is 13.7 Å². The molecule has 1 atom stereocenters. The van der Waals surface area contributed by atoms with Gasteiger partial charge >= 0.3 is 0 Å². The van der Waals surface area contributed by atoms with Gasteiger partial charge in [0.05, 0.1) is 18.4 Å². The summed E-state index contributed by atoms with van der Waals surface area (Å²) >= 11 is 1.65. The zero-order valence-corrected chi connectivity index (χ0v) is 22.5. The molecule has 3 heterocycles. The average molecular weight is 493 g/mol. The highest BCUT2D eigenvalue weighted by molar-refractivity contribution is 7.19. The number of ether oxygens (including phenoxy) is 1. The summed E-state index contributed by atoms with van der Waals surface area (Å²) in [5, 5.41) is 11.3. The fraction of sp³-hybridized carbons (Fsp3) is 0.481. The van der Waals surface area contributed by atoms with E-state index >= 15 is 0 Å². The van der Waals surface area contributed by atoms with Crippen LogP contribution in [0, 0.1) is 18.3 Å². The molecular weight excluding hydrogens is 460 g/mol. The van der Waals surface area contributed by atoms with Gasteiger partial charge in [0, 0.05) is 22.9 Å². The van der Waals surface area contributed by atoms with Gasteiger partial charge in [-0.1, -0.05) is 6.07 Å². The number of rotatable bonds is 4. The Balaban J connectivity index is 1.91. The van der Waals surface area contributed by atoms with Gasteiger partial charge in [-0.25, -0.2) is 0 Å². The quantitative estimate of drug-likeness (QED) is 0.407. The lowest BCUT2D eigenvalue weighted by molar-refractivity contribution is 0.245. The summed E-state index contributed by atoms with van der Waals surface area (Å²) < 4.78 is 14.8. The largest absolute Gasteiger partial charge is 0.493 e. The third kappa shape index (κ3) is 3.82. The predicted octanol–water partition coefficient (Wildman–Crippen LogP) is 6.20. The molecule has 7 heteroatoms. The van der Waals surface area contributed by atoms with Crippen LogP contribution in [-0.2, 0) is 30.7 Å². The molecule has 0 N–H and O–H groups in total. The van der Waals surface area contributed by atoms with Crippen molar-refractivity contribution in [3.05, 3.63) is 49.7 Å². The number of hydrogen-bond acceptors (Lipinski definition) is 5. The molecule has 5 rings (SSSR count). The second kappa shape index (κ2) is 8.67. The number of thiophene rings is 1. The highest BCUT2D eigenvalue weighted by atomic mass is 32.1. The van der Waals surface area contributed by atoms with Crippen molar-refractivity contribution in [2.75, 3.05) is 6.61 Å². The molecule has 0 saturated heterocycles. The normalized spacial score (nSPS) is 16.5. The standard InChI is InChI=1S/C27H32N2O3SSi/c1-16-17-10-8-14-31-20(17)13-12-18(16)23-24-19-9-6-7-11-22(19)33-26(24)27(30)29(2)25(23)21(15-28)32-34(3,4)5/h12-13,21H,6-11,14H2,1-5H3. The molecule has 2 aromatic heterocycles. The van der Waals surface area contributed by atoms with Gasteiger partial charge in [0.2, 0.25) is 0 Å². The molecule has 1 aliphatic heterocycles. The zero-order valence-electron chi connectivity index (χ0n) is 20.7. The van der Waals surface area contributed by atoms with Gasteiger partial charge in [-0.3, -0.25) is 4.79 Å². The van der Waals surface area contributed by atoms with Gasteiger partial charge in [-0.2, -0.15) is 5.26 Å². The number of aromatic nitrogens is 1. The Morgan fingerprint density at radius 2 is 1.88 bits per heavy atom. The zero-order chi connectivity index (χ0) is 24.2. The molecule has 0 spiro atoms. The van der Waals surface area contributed by atoms with Crippen molar-refractivity contribution >= 4 is 29.7 Å². The average Bonchev–Trinajstić information content (AvgIpc) is 3.20. The van der Waals surface area contributed by atoms with Crippen LogP contribution in [0.4, 0.5) is 0 Å². The predicted molar refractivity (Wildman–Crippen MR) is 140 cm³/mol. The maximum atomic E-state index is 13.7. The van der Waals surface area contributed by atoms with E-state index < -0.39 is 14.4 Å². The summed E-state index contributed by atoms with van der Waals surface area (Å²) in [6, 6.07) is 6.59. The number of hydrogen-bond donors (Lipinski definition) is 0. The molecule has 178 valence electrons. The van der Waals surface area contributed by atoms with Crippen LogP contribution in [0.1, 0.15) is 52.6 Å². The fourth-order valence-corrected chi connectivity index (χ4v) is 7.74. The molecule has 2 aliphatic rings. The van der Waals surface area contributed by atoms with Crippen molar-refractivity contribution in [2.45, 2.75) is 71.2 Å². The van der Waals surface area contributed by atoms with E-state index in [0.717, 1.165) is 72.1 Å². The second-order valence-corrected chi connectivity index (χ2v) is 16.0. The minimum atomic E-state index is -2.06. The van der Waals surface area contributed by atoms with Crippen molar-refractivity contribution in [3.8, 4) is 22.9 Å². The first-order chi connectivity index (χ1) is 16.2. The van der Waals surface area contributed by atoms with Crippen LogP contribution in [0.3, 0.4) is 0 Å². The first-order valence-corrected chi connectivity index (χ1v) is 16.4. The van der Waals surface area contributed by atoms with E-state index in [4.69, 9.17) is 9.16 Å². The van der Waals surface area contributed by atoms with Crippen LogP contribution in [0.5, 0.6) is 5.75 Å². The lowest BCUT2D eigenvalue weighted by Crippen LogP contribution is -2.31. The third-order valence-electron chi connectivity index (χ3n) is 7.03. The van der Waals surface area contributed by atoms with Gasteiger partial charge in [0.15, 0.2) is 14.4 Å². The second-order valence-electron chi connectivity index (χ2n) is 10.4. The van der Waals surface area contributed by atoms with E-state index in [-0.39, 0.29) is 5.56 Å². The molecule has 34 heavy (non-hydrogen) atoms. The summed E-state index contributed by atoms with van der Waals surface area (Å²) in [5.41, 5.74) is 6.48. The lowest BCUT2D eigenvalue weighted by Gasteiger charge is -2.28. The van der Waals surface area contributed by atoms with Crippen molar-refractivity contribution < 1.29 is 9.16 Å². The summed E-state index contributed by atoms with van der Waals surface area (Å²) in [7, 11) is -0.261. The van der Waals surface area contributed by atoms with E-state index in [9.17, 15) is 10.1 Å². The monoisotopic (exact) mass is 492 g/mol. The highest BCUT2D eigenvalue weighted by Gasteiger charge is 2.32. The van der Waals surface area contributed by atoms with Crippen molar-refractivity contribution in [3.63, 3.8) is 0 Å². The number of benzene rings is 1. The third-order valence-corrected chi connectivity index (χ3v) is 9.25. The van der Waals surface area contributed by atoms with E-state index in [1.165, 1.54) is 21.6 Å². The first kappa shape index (κ1) is 23.3. The number of aryl methyl sites for hydroxylation is 2. The molecule has 0 saturated carbocycles. The number of pyridine rings is 1. The highest BCUT2D eigenvalue weighted by Crippen LogP contribution is 2.46. The SMILES string of the molecule is Cc1c(-c2c(C(C#N)O[Si](C)(C)C)n(C)c(=O)c3sc4c(c23)CCCC4)ccc2c1CCCO2. The van der Waals surface area contributed by atoms with E-state index in [2.05, 4.69) is 44.8 Å². The number of nitriles is 1. The molecule has 0 fully saturated rings. The van der Waals surface area contributed by atoms with Gasteiger partial charge in [0.25, 0.3) is 5.56 Å².